The molecule has 0 bridgehead atoms. The molecule has 17 heavy (non-hydrogen) atoms. The Hall–Kier alpha value is -2.15. The van der Waals surface area contributed by atoms with E-state index in [1.54, 1.807) is 24.2 Å². The minimum Gasteiger partial charge on any atom is -0.383 e. The van der Waals surface area contributed by atoms with Gasteiger partial charge < -0.3 is 15.8 Å². The average molecular weight is 234 g/mol. The van der Waals surface area contributed by atoms with Crippen molar-refractivity contribution < 1.29 is 4.74 Å². The Balaban J connectivity index is 1.98. The molecule has 0 aliphatic rings. The molecule has 90 valence electrons. The molecule has 0 atom stereocenters. The second kappa shape index (κ2) is 5.26. The number of nitrogens with one attached hydrogen (secondary N) is 1. The molecule has 0 saturated heterocycles. The third kappa shape index (κ3) is 3.15. The molecule has 2 aromatic heterocycles. The number of aromatic nitrogens is 4. The predicted molar refractivity (Wildman–Crippen MR) is 63.8 cm³/mol. The minimum atomic E-state index is 0.395. The largest absolute Gasteiger partial charge is 0.383 e. The lowest BCUT2D eigenvalue weighted by Gasteiger charge is -2.01. The molecule has 7 nitrogen and oxygen atoms in total. The van der Waals surface area contributed by atoms with E-state index in [1.165, 1.54) is 6.20 Å². The van der Waals surface area contributed by atoms with E-state index >= 15 is 0 Å². The predicted octanol–water partition coefficient (Wildman–Crippen LogP) is 0.645. The van der Waals surface area contributed by atoms with E-state index in [0.29, 0.717) is 24.8 Å². The van der Waals surface area contributed by atoms with Crippen LogP contribution < -0.4 is 11.1 Å². The Bertz CT molecular complexity index is 466. The van der Waals surface area contributed by atoms with Gasteiger partial charge in [0.2, 0.25) is 0 Å². The van der Waals surface area contributed by atoms with Gasteiger partial charge in [0.05, 0.1) is 37.4 Å². The monoisotopic (exact) mass is 234 g/mol. The molecule has 7 heteroatoms. The van der Waals surface area contributed by atoms with Crippen molar-refractivity contribution in [2.75, 3.05) is 24.8 Å². The molecular weight excluding hydrogens is 220 g/mol. The Morgan fingerprint density at radius 2 is 2.24 bits per heavy atom. The molecule has 2 rings (SSSR count). The lowest BCUT2D eigenvalue weighted by molar-refractivity contribution is 0.183. The first-order valence-corrected chi connectivity index (χ1v) is 5.14. The fourth-order valence-electron chi connectivity index (χ4n) is 1.29. The van der Waals surface area contributed by atoms with Crippen molar-refractivity contribution in [2.24, 2.45) is 0 Å². The van der Waals surface area contributed by atoms with Crippen LogP contribution in [0, 0.1) is 0 Å². The molecule has 0 unspecified atom stereocenters. The number of hydrogen-bond donors (Lipinski definition) is 2. The lowest BCUT2D eigenvalue weighted by atomic mass is 10.5. The topological polar surface area (TPSA) is 90.9 Å². The van der Waals surface area contributed by atoms with Crippen LogP contribution in [0.25, 0.3) is 0 Å². The van der Waals surface area contributed by atoms with Gasteiger partial charge >= 0.3 is 0 Å². The molecule has 2 aromatic rings. The number of nitrogens with two attached hydrogens (primary N) is 1. The molecule has 0 aliphatic heterocycles. The van der Waals surface area contributed by atoms with Crippen molar-refractivity contribution in [1.29, 1.82) is 0 Å². The van der Waals surface area contributed by atoms with Gasteiger partial charge in [-0.2, -0.15) is 5.10 Å². The van der Waals surface area contributed by atoms with E-state index in [0.717, 1.165) is 5.69 Å². The summed E-state index contributed by atoms with van der Waals surface area (Å²) in [6.07, 6.45) is 6.66. The van der Waals surface area contributed by atoms with Crippen LogP contribution in [0.1, 0.15) is 0 Å². The van der Waals surface area contributed by atoms with Gasteiger partial charge in [-0.3, -0.25) is 4.68 Å². The van der Waals surface area contributed by atoms with Crippen molar-refractivity contribution in [3.05, 3.63) is 24.8 Å². The first-order chi connectivity index (χ1) is 8.28. The number of nitrogen functional groups attached to an aromatic ring is 1. The van der Waals surface area contributed by atoms with Gasteiger partial charge in [-0.15, -0.1) is 0 Å². The zero-order valence-electron chi connectivity index (χ0n) is 9.50. The van der Waals surface area contributed by atoms with Crippen molar-refractivity contribution >= 4 is 17.3 Å². The first-order valence-electron chi connectivity index (χ1n) is 5.14. The fraction of sp³-hybridized carbons (Fsp3) is 0.300. The van der Waals surface area contributed by atoms with Crippen LogP contribution in [0.2, 0.25) is 0 Å². The van der Waals surface area contributed by atoms with E-state index < -0.39 is 0 Å². The van der Waals surface area contributed by atoms with E-state index in [4.69, 9.17) is 10.5 Å². The Morgan fingerprint density at radius 1 is 1.35 bits per heavy atom. The highest BCUT2D eigenvalue weighted by Crippen LogP contribution is 2.12. The molecule has 0 radical (unpaired) electrons. The van der Waals surface area contributed by atoms with Crippen LogP contribution in [0.3, 0.4) is 0 Å². The van der Waals surface area contributed by atoms with Gasteiger partial charge in [-0.25, -0.2) is 9.97 Å². The number of hydrogen-bond acceptors (Lipinski definition) is 6. The van der Waals surface area contributed by atoms with E-state index in [-0.39, 0.29) is 0 Å². The second-order valence-corrected chi connectivity index (χ2v) is 3.44. The van der Waals surface area contributed by atoms with Gasteiger partial charge in [0.25, 0.3) is 0 Å². The van der Waals surface area contributed by atoms with Crippen molar-refractivity contribution in [1.82, 2.24) is 19.7 Å². The summed E-state index contributed by atoms with van der Waals surface area (Å²) < 4.78 is 6.76. The van der Waals surface area contributed by atoms with E-state index in [9.17, 15) is 0 Å². The summed E-state index contributed by atoms with van der Waals surface area (Å²) in [6, 6.07) is 0. The average Bonchev–Trinajstić information content (AvgIpc) is 2.77. The van der Waals surface area contributed by atoms with Crippen LogP contribution in [0.15, 0.2) is 24.8 Å². The van der Waals surface area contributed by atoms with Gasteiger partial charge in [0.15, 0.2) is 0 Å². The maximum absolute atomic E-state index is 5.45. The summed E-state index contributed by atoms with van der Waals surface area (Å²) in [5.74, 6) is 1.02. The SMILES string of the molecule is COCCn1cc(Nc2cnc(N)cn2)cn1. The highest BCUT2D eigenvalue weighted by molar-refractivity contribution is 5.53. The molecule has 2 heterocycles. The molecule has 0 aliphatic carbocycles. The van der Waals surface area contributed by atoms with Crippen LogP contribution in [0.5, 0.6) is 0 Å². The summed E-state index contributed by atoms with van der Waals surface area (Å²) in [5.41, 5.74) is 6.29. The Kier molecular flexibility index (Phi) is 3.51. The maximum atomic E-state index is 5.45. The van der Waals surface area contributed by atoms with Crippen molar-refractivity contribution in [3.63, 3.8) is 0 Å². The van der Waals surface area contributed by atoms with Crippen LogP contribution in [-0.2, 0) is 11.3 Å². The number of ether oxygens (including phenoxy) is 1. The molecular formula is C10H14N6O. The highest BCUT2D eigenvalue weighted by Gasteiger charge is 2.00. The number of rotatable bonds is 5. The Labute approximate surface area is 98.6 Å². The summed E-state index contributed by atoms with van der Waals surface area (Å²) in [6.45, 7) is 1.34. The second-order valence-electron chi connectivity index (χ2n) is 3.44. The summed E-state index contributed by atoms with van der Waals surface area (Å²) in [7, 11) is 1.66. The van der Waals surface area contributed by atoms with Gasteiger partial charge in [-0.05, 0) is 0 Å². The van der Waals surface area contributed by atoms with Gasteiger partial charge in [0, 0.05) is 13.3 Å². The van der Waals surface area contributed by atoms with Crippen LogP contribution >= 0.6 is 0 Å². The smallest absolute Gasteiger partial charge is 0.149 e. The number of nitrogens with zero attached hydrogens (tertiary/aromatic N) is 4. The number of methoxy groups -OCH3 is 1. The zero-order chi connectivity index (χ0) is 12.1. The third-order valence-corrected chi connectivity index (χ3v) is 2.10. The molecule has 0 amide bonds. The summed E-state index contributed by atoms with van der Waals surface area (Å²) in [4.78, 5) is 8.02. The van der Waals surface area contributed by atoms with Crippen molar-refractivity contribution in [3.8, 4) is 0 Å². The standard InChI is InChI=1S/C10H14N6O/c1-17-3-2-16-7-8(4-14-16)15-10-6-12-9(11)5-13-10/h4-7H,2-3H2,1H3,(H2,11,12)(H,13,15). The molecule has 0 aromatic carbocycles. The minimum absolute atomic E-state index is 0.395. The maximum Gasteiger partial charge on any atom is 0.149 e. The zero-order valence-corrected chi connectivity index (χ0v) is 9.50. The van der Waals surface area contributed by atoms with E-state index in [2.05, 4.69) is 20.4 Å². The fourth-order valence-corrected chi connectivity index (χ4v) is 1.29. The van der Waals surface area contributed by atoms with Crippen molar-refractivity contribution in [2.45, 2.75) is 6.54 Å². The lowest BCUT2D eigenvalue weighted by Crippen LogP contribution is -2.04. The molecule has 0 saturated carbocycles. The van der Waals surface area contributed by atoms with E-state index in [1.807, 2.05) is 6.20 Å². The first kappa shape index (κ1) is 11.3. The summed E-state index contributed by atoms with van der Waals surface area (Å²) in [5, 5.41) is 7.24. The molecule has 3 N–H and O–H groups in total. The highest BCUT2D eigenvalue weighted by atomic mass is 16.5. The van der Waals surface area contributed by atoms with Gasteiger partial charge in [-0.1, -0.05) is 0 Å². The molecule has 0 fully saturated rings. The number of anilines is 3. The Morgan fingerprint density at radius 3 is 2.94 bits per heavy atom. The third-order valence-electron chi connectivity index (χ3n) is 2.10. The van der Waals surface area contributed by atoms with Crippen LogP contribution in [0.4, 0.5) is 17.3 Å². The summed E-state index contributed by atoms with van der Waals surface area (Å²) >= 11 is 0. The van der Waals surface area contributed by atoms with Gasteiger partial charge in [0.1, 0.15) is 11.6 Å². The van der Waals surface area contributed by atoms with Crippen LogP contribution in [-0.4, -0.2) is 33.5 Å². The quantitative estimate of drug-likeness (QED) is 0.789. The normalized spacial score (nSPS) is 10.4. The molecule has 0 spiro atoms.